The predicted molar refractivity (Wildman–Crippen MR) is 68.1 cm³/mol. The van der Waals surface area contributed by atoms with Crippen LogP contribution in [0.5, 0.6) is 0 Å². The molecule has 0 saturated heterocycles. The van der Waals surface area contributed by atoms with Crippen molar-refractivity contribution in [3.05, 3.63) is 11.4 Å². The van der Waals surface area contributed by atoms with E-state index >= 15 is 0 Å². The van der Waals surface area contributed by atoms with Crippen LogP contribution in [0.4, 0.5) is 18.9 Å². The molecule has 1 aliphatic carbocycles. The number of halogens is 3. The van der Waals surface area contributed by atoms with Crippen molar-refractivity contribution in [1.29, 1.82) is 0 Å². The van der Waals surface area contributed by atoms with Crippen molar-refractivity contribution in [2.24, 2.45) is 13.0 Å². The van der Waals surface area contributed by atoms with E-state index in [1.54, 1.807) is 4.68 Å². The molecule has 0 unspecified atom stereocenters. The maximum Gasteiger partial charge on any atom is 0.391 e. The van der Waals surface area contributed by atoms with E-state index in [1.807, 2.05) is 20.9 Å². The first kappa shape index (κ1) is 14.2. The minimum atomic E-state index is -4.04. The quantitative estimate of drug-likeness (QED) is 0.894. The number of anilines is 1. The zero-order chi connectivity index (χ0) is 14.2. The number of aromatic nitrogens is 2. The highest BCUT2D eigenvalue weighted by molar-refractivity contribution is 5.52. The van der Waals surface area contributed by atoms with Crippen molar-refractivity contribution in [1.82, 2.24) is 9.78 Å². The zero-order valence-electron chi connectivity index (χ0n) is 11.5. The molecule has 1 heterocycles. The lowest BCUT2D eigenvalue weighted by Gasteiger charge is -2.30. The Labute approximate surface area is 111 Å². The first-order valence-electron chi connectivity index (χ1n) is 6.62. The molecule has 1 aromatic heterocycles. The van der Waals surface area contributed by atoms with Gasteiger partial charge in [0.05, 0.1) is 23.0 Å². The molecular weight excluding hydrogens is 255 g/mol. The van der Waals surface area contributed by atoms with Gasteiger partial charge in [-0.05, 0) is 39.5 Å². The second kappa shape index (κ2) is 5.06. The van der Waals surface area contributed by atoms with Gasteiger partial charge in [0, 0.05) is 13.1 Å². The fourth-order valence-corrected chi connectivity index (χ4v) is 2.75. The number of alkyl halides is 3. The maximum atomic E-state index is 12.6. The van der Waals surface area contributed by atoms with Crippen molar-refractivity contribution < 1.29 is 13.2 Å². The Morgan fingerprint density at radius 3 is 2.16 bits per heavy atom. The topological polar surface area (TPSA) is 29.9 Å². The average Bonchev–Trinajstić information content (AvgIpc) is 2.56. The van der Waals surface area contributed by atoms with Gasteiger partial charge in [0.1, 0.15) is 0 Å². The van der Waals surface area contributed by atoms with Gasteiger partial charge in [0.25, 0.3) is 0 Å². The number of hydrogen-bond acceptors (Lipinski definition) is 2. The summed E-state index contributed by atoms with van der Waals surface area (Å²) in [5.74, 6) is -1.12. The van der Waals surface area contributed by atoms with Gasteiger partial charge in [0.2, 0.25) is 0 Å². The van der Waals surface area contributed by atoms with Crippen LogP contribution >= 0.6 is 0 Å². The van der Waals surface area contributed by atoms with E-state index in [4.69, 9.17) is 0 Å². The summed E-state index contributed by atoms with van der Waals surface area (Å²) >= 11 is 0. The number of rotatable bonds is 2. The molecule has 0 aliphatic heterocycles. The van der Waals surface area contributed by atoms with E-state index in [2.05, 4.69) is 10.4 Å². The molecule has 1 N–H and O–H groups in total. The van der Waals surface area contributed by atoms with Crippen LogP contribution in [-0.2, 0) is 7.05 Å². The normalized spacial score (nSPS) is 24.5. The van der Waals surface area contributed by atoms with Gasteiger partial charge >= 0.3 is 6.18 Å². The van der Waals surface area contributed by atoms with Crippen LogP contribution in [0.2, 0.25) is 0 Å². The highest BCUT2D eigenvalue weighted by Gasteiger charge is 2.41. The van der Waals surface area contributed by atoms with Gasteiger partial charge in [-0.15, -0.1) is 0 Å². The third-order valence-electron chi connectivity index (χ3n) is 4.05. The first-order valence-corrected chi connectivity index (χ1v) is 6.62. The fourth-order valence-electron chi connectivity index (χ4n) is 2.75. The second-order valence-electron chi connectivity index (χ2n) is 5.40. The Kier molecular flexibility index (Phi) is 3.78. The smallest absolute Gasteiger partial charge is 0.379 e. The molecule has 0 aromatic carbocycles. The largest absolute Gasteiger partial charge is 0.391 e. The number of aryl methyl sites for hydroxylation is 2. The Morgan fingerprint density at radius 1 is 1.16 bits per heavy atom. The third-order valence-corrected chi connectivity index (χ3v) is 4.05. The molecule has 1 aliphatic rings. The summed E-state index contributed by atoms with van der Waals surface area (Å²) in [6.07, 6.45) is -2.46. The summed E-state index contributed by atoms with van der Waals surface area (Å²) in [7, 11) is 1.87. The summed E-state index contributed by atoms with van der Waals surface area (Å²) in [4.78, 5) is 0. The molecule has 0 atom stereocenters. The predicted octanol–water partition coefficient (Wildman–Crippen LogP) is 3.57. The molecule has 1 fully saturated rings. The van der Waals surface area contributed by atoms with Crippen LogP contribution in [-0.4, -0.2) is 22.0 Å². The molecule has 0 spiro atoms. The summed E-state index contributed by atoms with van der Waals surface area (Å²) < 4.78 is 39.6. The van der Waals surface area contributed by atoms with Crippen molar-refractivity contribution in [3.63, 3.8) is 0 Å². The molecule has 0 bridgehead atoms. The lowest BCUT2D eigenvalue weighted by atomic mass is 9.85. The van der Waals surface area contributed by atoms with E-state index in [0.29, 0.717) is 12.8 Å². The Morgan fingerprint density at radius 2 is 1.74 bits per heavy atom. The van der Waals surface area contributed by atoms with E-state index in [9.17, 15) is 13.2 Å². The van der Waals surface area contributed by atoms with Gasteiger partial charge in [-0.1, -0.05) is 0 Å². The average molecular weight is 275 g/mol. The van der Waals surface area contributed by atoms with Crippen LogP contribution < -0.4 is 5.32 Å². The van der Waals surface area contributed by atoms with Gasteiger partial charge in [-0.2, -0.15) is 18.3 Å². The van der Waals surface area contributed by atoms with Crippen LogP contribution in [0.3, 0.4) is 0 Å². The Hall–Kier alpha value is -1.20. The standard InChI is InChI=1S/C13H20F3N3/c1-8-12(9(2)19(3)18-8)17-11-6-4-10(5-7-11)13(14,15)16/h10-11,17H,4-7H2,1-3H3. The molecule has 0 amide bonds. The minimum Gasteiger partial charge on any atom is -0.379 e. The van der Waals surface area contributed by atoms with Crippen LogP contribution in [0.15, 0.2) is 0 Å². The van der Waals surface area contributed by atoms with Crippen molar-refractivity contribution >= 4 is 5.69 Å². The molecule has 3 nitrogen and oxygen atoms in total. The number of nitrogens with one attached hydrogen (secondary N) is 1. The van der Waals surface area contributed by atoms with Crippen molar-refractivity contribution in [3.8, 4) is 0 Å². The van der Waals surface area contributed by atoms with Gasteiger partial charge in [-0.25, -0.2) is 0 Å². The van der Waals surface area contributed by atoms with Crippen LogP contribution in [0.25, 0.3) is 0 Å². The SMILES string of the molecule is Cc1nn(C)c(C)c1NC1CCC(C(F)(F)F)CC1. The van der Waals surface area contributed by atoms with E-state index in [1.165, 1.54) is 0 Å². The molecule has 2 rings (SSSR count). The van der Waals surface area contributed by atoms with Crippen LogP contribution in [0.1, 0.15) is 37.1 Å². The Balaban J connectivity index is 1.96. The Bertz CT molecular complexity index is 443. The highest BCUT2D eigenvalue weighted by Crippen LogP contribution is 2.38. The summed E-state index contributed by atoms with van der Waals surface area (Å²) in [5.41, 5.74) is 2.89. The second-order valence-corrected chi connectivity index (χ2v) is 5.40. The highest BCUT2D eigenvalue weighted by atomic mass is 19.4. The molecule has 0 radical (unpaired) electrons. The monoisotopic (exact) mass is 275 g/mol. The number of hydrogen-bond donors (Lipinski definition) is 1. The minimum absolute atomic E-state index is 0.125. The maximum absolute atomic E-state index is 12.6. The molecule has 1 aromatic rings. The van der Waals surface area contributed by atoms with Gasteiger partial charge in [0.15, 0.2) is 0 Å². The van der Waals surface area contributed by atoms with Crippen molar-refractivity contribution in [2.75, 3.05) is 5.32 Å². The fraction of sp³-hybridized carbons (Fsp3) is 0.769. The van der Waals surface area contributed by atoms with E-state index < -0.39 is 12.1 Å². The first-order chi connectivity index (χ1) is 8.79. The van der Waals surface area contributed by atoms with Crippen molar-refractivity contribution in [2.45, 2.75) is 51.7 Å². The van der Waals surface area contributed by atoms with E-state index in [-0.39, 0.29) is 18.9 Å². The molecular formula is C13H20F3N3. The number of nitrogens with zero attached hydrogens (tertiary/aromatic N) is 2. The van der Waals surface area contributed by atoms with E-state index in [0.717, 1.165) is 17.1 Å². The zero-order valence-corrected chi connectivity index (χ0v) is 11.5. The summed E-state index contributed by atoms with van der Waals surface area (Å²) in [6.45, 7) is 3.88. The molecule has 1 saturated carbocycles. The van der Waals surface area contributed by atoms with Gasteiger partial charge < -0.3 is 5.32 Å². The lowest BCUT2D eigenvalue weighted by molar-refractivity contribution is -0.182. The van der Waals surface area contributed by atoms with Crippen LogP contribution in [0, 0.1) is 19.8 Å². The molecule has 19 heavy (non-hydrogen) atoms. The molecule has 6 heteroatoms. The van der Waals surface area contributed by atoms with Gasteiger partial charge in [-0.3, -0.25) is 4.68 Å². The summed E-state index contributed by atoms with van der Waals surface area (Å²) in [6, 6.07) is 0.125. The molecule has 108 valence electrons. The lowest BCUT2D eigenvalue weighted by Crippen LogP contribution is -2.33. The summed E-state index contributed by atoms with van der Waals surface area (Å²) in [5, 5.41) is 7.66. The third kappa shape index (κ3) is 3.04.